The number of nitrogen functional groups attached to an aromatic ring is 1. The summed E-state index contributed by atoms with van der Waals surface area (Å²) in [6.45, 7) is 6.70. The second kappa shape index (κ2) is 5.27. The predicted molar refractivity (Wildman–Crippen MR) is 69.2 cm³/mol. The number of anilines is 2. The van der Waals surface area contributed by atoms with Crippen molar-refractivity contribution in [3.05, 3.63) is 5.69 Å². The summed E-state index contributed by atoms with van der Waals surface area (Å²) in [7, 11) is 0. The van der Waals surface area contributed by atoms with Gasteiger partial charge in [-0.3, -0.25) is 0 Å². The highest BCUT2D eigenvalue weighted by Crippen LogP contribution is 2.28. The van der Waals surface area contributed by atoms with Gasteiger partial charge in [0.15, 0.2) is 11.9 Å². The molecule has 0 amide bonds. The fourth-order valence-electron chi connectivity index (χ4n) is 2.20. The van der Waals surface area contributed by atoms with E-state index in [1.165, 1.54) is 0 Å². The van der Waals surface area contributed by atoms with E-state index >= 15 is 0 Å². The normalized spacial score (nSPS) is 19.8. The fourth-order valence-corrected chi connectivity index (χ4v) is 2.20. The SMILES string of the molecule is CCCn1nc(C)c(N)c1N1CCOC(C#N)C1. The van der Waals surface area contributed by atoms with Gasteiger partial charge in [0.05, 0.1) is 30.6 Å². The lowest BCUT2D eigenvalue weighted by molar-refractivity contribution is 0.0758. The van der Waals surface area contributed by atoms with Crippen LogP contribution < -0.4 is 10.6 Å². The number of aromatic nitrogens is 2. The topological polar surface area (TPSA) is 80.1 Å². The molecule has 1 fully saturated rings. The van der Waals surface area contributed by atoms with Crippen molar-refractivity contribution in [1.82, 2.24) is 9.78 Å². The highest BCUT2D eigenvalue weighted by Gasteiger charge is 2.25. The molecule has 6 nitrogen and oxygen atoms in total. The van der Waals surface area contributed by atoms with E-state index in [2.05, 4.69) is 23.0 Å². The summed E-state index contributed by atoms with van der Waals surface area (Å²) >= 11 is 0. The van der Waals surface area contributed by atoms with Gasteiger partial charge in [-0.05, 0) is 13.3 Å². The van der Waals surface area contributed by atoms with Crippen LogP contribution in [0.4, 0.5) is 11.5 Å². The maximum absolute atomic E-state index is 8.95. The molecular weight excluding hydrogens is 230 g/mol. The maximum atomic E-state index is 8.95. The molecule has 0 aromatic carbocycles. The highest BCUT2D eigenvalue weighted by atomic mass is 16.5. The number of ether oxygens (including phenoxy) is 1. The number of aryl methyl sites for hydroxylation is 2. The number of nitrogens with two attached hydrogens (primary N) is 1. The molecule has 18 heavy (non-hydrogen) atoms. The van der Waals surface area contributed by atoms with Crippen LogP contribution in [0, 0.1) is 18.3 Å². The van der Waals surface area contributed by atoms with Gasteiger partial charge in [0.1, 0.15) is 0 Å². The van der Waals surface area contributed by atoms with Gasteiger partial charge < -0.3 is 15.4 Å². The Morgan fingerprint density at radius 1 is 1.61 bits per heavy atom. The monoisotopic (exact) mass is 249 g/mol. The van der Waals surface area contributed by atoms with E-state index in [9.17, 15) is 0 Å². The van der Waals surface area contributed by atoms with Gasteiger partial charge in [0, 0.05) is 13.1 Å². The van der Waals surface area contributed by atoms with E-state index in [4.69, 9.17) is 15.7 Å². The summed E-state index contributed by atoms with van der Waals surface area (Å²) in [6.07, 6.45) is 0.614. The zero-order valence-corrected chi connectivity index (χ0v) is 10.9. The van der Waals surface area contributed by atoms with Gasteiger partial charge in [-0.15, -0.1) is 0 Å². The number of nitrogens with zero attached hydrogens (tertiary/aromatic N) is 4. The second-order valence-electron chi connectivity index (χ2n) is 4.48. The van der Waals surface area contributed by atoms with Crippen LogP contribution in [-0.4, -0.2) is 35.6 Å². The first kappa shape index (κ1) is 12.7. The third-order valence-corrected chi connectivity index (χ3v) is 3.09. The van der Waals surface area contributed by atoms with Crippen molar-refractivity contribution >= 4 is 11.5 Å². The number of morpholine rings is 1. The van der Waals surface area contributed by atoms with Gasteiger partial charge in [-0.2, -0.15) is 10.4 Å². The minimum Gasteiger partial charge on any atom is -0.394 e. The Bertz CT molecular complexity index is 462. The third kappa shape index (κ3) is 2.27. The lowest BCUT2D eigenvalue weighted by Gasteiger charge is -2.32. The molecule has 0 saturated carbocycles. The van der Waals surface area contributed by atoms with Crippen molar-refractivity contribution in [3.63, 3.8) is 0 Å². The van der Waals surface area contributed by atoms with Crippen LogP contribution in [-0.2, 0) is 11.3 Å². The lowest BCUT2D eigenvalue weighted by atomic mass is 10.2. The average Bonchev–Trinajstić information content (AvgIpc) is 2.65. The number of hydrogen-bond donors (Lipinski definition) is 1. The summed E-state index contributed by atoms with van der Waals surface area (Å²) < 4.78 is 7.29. The molecule has 0 aliphatic carbocycles. The zero-order valence-electron chi connectivity index (χ0n) is 10.9. The number of hydrogen-bond acceptors (Lipinski definition) is 5. The Morgan fingerprint density at radius 2 is 2.39 bits per heavy atom. The van der Waals surface area contributed by atoms with E-state index in [0.717, 1.165) is 31.0 Å². The largest absolute Gasteiger partial charge is 0.394 e. The van der Waals surface area contributed by atoms with Crippen LogP contribution >= 0.6 is 0 Å². The smallest absolute Gasteiger partial charge is 0.161 e. The van der Waals surface area contributed by atoms with Crippen molar-refractivity contribution in [2.24, 2.45) is 0 Å². The van der Waals surface area contributed by atoms with Gasteiger partial charge in [0.25, 0.3) is 0 Å². The molecule has 2 heterocycles. The zero-order chi connectivity index (χ0) is 13.1. The minimum absolute atomic E-state index is 0.386. The summed E-state index contributed by atoms with van der Waals surface area (Å²) in [6, 6.07) is 2.15. The molecule has 6 heteroatoms. The molecule has 0 radical (unpaired) electrons. The van der Waals surface area contributed by atoms with E-state index in [1.807, 2.05) is 11.6 Å². The van der Waals surface area contributed by atoms with Crippen LogP contribution in [0.3, 0.4) is 0 Å². The minimum atomic E-state index is -0.386. The van der Waals surface area contributed by atoms with Crippen molar-refractivity contribution in [2.75, 3.05) is 30.3 Å². The third-order valence-electron chi connectivity index (χ3n) is 3.09. The first-order chi connectivity index (χ1) is 8.67. The molecule has 1 aliphatic heterocycles. The van der Waals surface area contributed by atoms with Gasteiger partial charge in [0.2, 0.25) is 0 Å². The molecule has 1 aliphatic rings. The van der Waals surface area contributed by atoms with Crippen molar-refractivity contribution in [3.8, 4) is 6.07 Å². The molecule has 0 spiro atoms. The number of nitriles is 1. The Morgan fingerprint density at radius 3 is 3.06 bits per heavy atom. The molecule has 1 unspecified atom stereocenters. The lowest BCUT2D eigenvalue weighted by Crippen LogP contribution is -2.43. The quantitative estimate of drug-likeness (QED) is 0.861. The molecule has 0 bridgehead atoms. The summed E-state index contributed by atoms with van der Waals surface area (Å²) in [5.74, 6) is 0.929. The molecule has 1 atom stereocenters. The molecule has 1 saturated heterocycles. The summed E-state index contributed by atoms with van der Waals surface area (Å²) in [4.78, 5) is 2.10. The summed E-state index contributed by atoms with van der Waals surface area (Å²) in [5, 5.41) is 13.4. The molecular formula is C12H19N5O. The van der Waals surface area contributed by atoms with Crippen molar-refractivity contribution in [2.45, 2.75) is 32.9 Å². The van der Waals surface area contributed by atoms with Crippen molar-refractivity contribution in [1.29, 1.82) is 5.26 Å². The highest BCUT2D eigenvalue weighted by molar-refractivity contribution is 5.66. The Hall–Kier alpha value is -1.74. The van der Waals surface area contributed by atoms with Crippen LogP contribution in [0.2, 0.25) is 0 Å². The predicted octanol–water partition coefficient (Wildman–Crippen LogP) is 0.912. The Labute approximate surface area is 107 Å². The maximum Gasteiger partial charge on any atom is 0.161 e. The van der Waals surface area contributed by atoms with E-state index in [0.29, 0.717) is 18.8 Å². The van der Waals surface area contributed by atoms with E-state index in [-0.39, 0.29) is 6.10 Å². The molecule has 1 aromatic rings. The van der Waals surface area contributed by atoms with Gasteiger partial charge in [-0.25, -0.2) is 4.68 Å². The molecule has 2 rings (SSSR count). The van der Waals surface area contributed by atoms with E-state index < -0.39 is 0 Å². The first-order valence-electron chi connectivity index (χ1n) is 6.26. The second-order valence-corrected chi connectivity index (χ2v) is 4.48. The van der Waals surface area contributed by atoms with Crippen LogP contribution in [0.15, 0.2) is 0 Å². The van der Waals surface area contributed by atoms with Crippen LogP contribution in [0.5, 0.6) is 0 Å². The van der Waals surface area contributed by atoms with Crippen molar-refractivity contribution < 1.29 is 4.74 Å². The van der Waals surface area contributed by atoms with E-state index in [1.54, 1.807) is 0 Å². The number of rotatable bonds is 3. The Kier molecular flexibility index (Phi) is 3.72. The molecule has 2 N–H and O–H groups in total. The van der Waals surface area contributed by atoms with Gasteiger partial charge >= 0.3 is 0 Å². The average molecular weight is 249 g/mol. The molecule has 1 aromatic heterocycles. The summed E-state index contributed by atoms with van der Waals surface area (Å²) in [5.41, 5.74) is 7.66. The molecule has 98 valence electrons. The first-order valence-corrected chi connectivity index (χ1v) is 6.26. The fraction of sp³-hybridized carbons (Fsp3) is 0.667. The van der Waals surface area contributed by atoms with Crippen LogP contribution in [0.1, 0.15) is 19.0 Å². The Balaban J connectivity index is 2.28. The van der Waals surface area contributed by atoms with Crippen LogP contribution in [0.25, 0.3) is 0 Å². The van der Waals surface area contributed by atoms with Gasteiger partial charge in [-0.1, -0.05) is 6.92 Å². The standard InChI is InChI=1S/C12H19N5O/c1-3-4-17-12(11(14)9(2)15-17)16-5-6-18-10(7-13)8-16/h10H,3-6,8,14H2,1-2H3.